The Hall–Kier alpha value is -1.42. The summed E-state index contributed by atoms with van der Waals surface area (Å²) in [5, 5.41) is 4.67. The summed E-state index contributed by atoms with van der Waals surface area (Å²) in [6.45, 7) is 0.936. The van der Waals surface area contributed by atoms with Crippen molar-refractivity contribution in [2.75, 3.05) is 18.1 Å². The van der Waals surface area contributed by atoms with Gasteiger partial charge in [-0.05, 0) is 25.2 Å². The standard InChI is InChI=1S/C17H22N2OS/c1-19-15-8-4-3-7-13(15)14(11-16(19)20)18-12-17(21-2)9-5-6-10-17/h3-4,7-8,11,18H,5-6,9-10,12H2,1-2H3. The van der Waals surface area contributed by atoms with Gasteiger partial charge < -0.3 is 9.88 Å². The lowest BCUT2D eigenvalue weighted by Crippen LogP contribution is -2.30. The van der Waals surface area contributed by atoms with Crippen LogP contribution in [-0.4, -0.2) is 22.1 Å². The number of hydrogen-bond acceptors (Lipinski definition) is 3. The van der Waals surface area contributed by atoms with Crippen molar-refractivity contribution in [2.24, 2.45) is 7.05 Å². The molecule has 1 fully saturated rings. The highest BCUT2D eigenvalue weighted by Crippen LogP contribution is 2.40. The van der Waals surface area contributed by atoms with E-state index in [1.54, 1.807) is 10.6 Å². The van der Waals surface area contributed by atoms with Crippen LogP contribution in [-0.2, 0) is 7.05 Å². The van der Waals surface area contributed by atoms with Crippen LogP contribution in [0.4, 0.5) is 5.69 Å². The molecule has 0 atom stereocenters. The molecule has 1 aliphatic carbocycles. The number of nitrogens with zero attached hydrogens (tertiary/aromatic N) is 1. The van der Waals surface area contributed by atoms with Gasteiger partial charge in [-0.3, -0.25) is 4.79 Å². The molecule has 3 rings (SSSR count). The van der Waals surface area contributed by atoms with Crippen LogP contribution in [0.1, 0.15) is 25.7 Å². The van der Waals surface area contributed by atoms with Gasteiger partial charge >= 0.3 is 0 Å². The smallest absolute Gasteiger partial charge is 0.252 e. The molecule has 0 saturated heterocycles. The average molecular weight is 302 g/mol. The number of rotatable bonds is 4. The Morgan fingerprint density at radius 3 is 2.71 bits per heavy atom. The van der Waals surface area contributed by atoms with Crippen LogP contribution in [0.3, 0.4) is 0 Å². The Morgan fingerprint density at radius 2 is 2.00 bits per heavy atom. The molecular formula is C17H22N2OS. The second-order valence-corrected chi connectivity index (χ2v) is 7.19. The van der Waals surface area contributed by atoms with Gasteiger partial charge in [0.2, 0.25) is 0 Å². The van der Waals surface area contributed by atoms with Crippen molar-refractivity contribution < 1.29 is 0 Å². The molecule has 0 amide bonds. The molecule has 0 aliphatic heterocycles. The average Bonchev–Trinajstić information content (AvgIpc) is 2.99. The molecule has 1 aromatic heterocycles. The van der Waals surface area contributed by atoms with E-state index in [0.717, 1.165) is 23.1 Å². The second kappa shape index (κ2) is 5.76. The number of anilines is 1. The zero-order valence-electron chi connectivity index (χ0n) is 12.7. The maximum atomic E-state index is 12.1. The molecule has 1 aliphatic rings. The van der Waals surface area contributed by atoms with Crippen molar-refractivity contribution in [1.82, 2.24) is 4.57 Å². The van der Waals surface area contributed by atoms with E-state index in [1.807, 2.05) is 37.0 Å². The highest BCUT2D eigenvalue weighted by molar-refractivity contribution is 8.00. The fourth-order valence-corrected chi connectivity index (χ4v) is 4.20. The molecule has 3 nitrogen and oxygen atoms in total. The van der Waals surface area contributed by atoms with Crippen molar-refractivity contribution >= 4 is 28.4 Å². The lowest BCUT2D eigenvalue weighted by molar-refractivity contribution is 0.640. The molecular weight excluding hydrogens is 280 g/mol. The molecule has 1 heterocycles. The highest BCUT2D eigenvalue weighted by Gasteiger charge is 2.32. The molecule has 1 saturated carbocycles. The van der Waals surface area contributed by atoms with E-state index in [-0.39, 0.29) is 5.56 Å². The summed E-state index contributed by atoms with van der Waals surface area (Å²) in [5.74, 6) is 0. The number of thioether (sulfide) groups is 1. The molecule has 1 N–H and O–H groups in total. The van der Waals surface area contributed by atoms with Crippen LogP contribution in [0.25, 0.3) is 10.9 Å². The monoisotopic (exact) mass is 302 g/mol. The van der Waals surface area contributed by atoms with E-state index in [4.69, 9.17) is 0 Å². The third kappa shape index (κ3) is 2.69. The maximum Gasteiger partial charge on any atom is 0.252 e. The van der Waals surface area contributed by atoms with E-state index >= 15 is 0 Å². The summed E-state index contributed by atoms with van der Waals surface area (Å²) >= 11 is 1.97. The first-order valence-corrected chi connectivity index (χ1v) is 8.75. The Balaban J connectivity index is 1.94. The molecule has 2 aromatic rings. The van der Waals surface area contributed by atoms with Crippen molar-refractivity contribution in [3.05, 3.63) is 40.7 Å². The van der Waals surface area contributed by atoms with Crippen molar-refractivity contribution in [3.63, 3.8) is 0 Å². The Morgan fingerprint density at radius 1 is 1.29 bits per heavy atom. The first-order chi connectivity index (χ1) is 10.2. The van der Waals surface area contributed by atoms with E-state index in [2.05, 4.69) is 17.6 Å². The lowest BCUT2D eigenvalue weighted by Gasteiger charge is -2.28. The topological polar surface area (TPSA) is 34.0 Å². The largest absolute Gasteiger partial charge is 0.383 e. The summed E-state index contributed by atoms with van der Waals surface area (Å²) in [6, 6.07) is 9.81. The number of aromatic nitrogens is 1. The molecule has 0 bridgehead atoms. The predicted molar refractivity (Wildman–Crippen MR) is 92.4 cm³/mol. The summed E-state index contributed by atoms with van der Waals surface area (Å²) < 4.78 is 2.04. The number of benzene rings is 1. The van der Waals surface area contributed by atoms with Crippen molar-refractivity contribution in [2.45, 2.75) is 30.4 Å². The zero-order valence-corrected chi connectivity index (χ0v) is 13.5. The fourth-order valence-electron chi connectivity index (χ4n) is 3.29. The Bertz CT molecular complexity index is 701. The molecule has 0 radical (unpaired) electrons. The predicted octanol–water partition coefficient (Wildman–Crippen LogP) is 3.63. The Kier molecular flexibility index (Phi) is 3.98. The number of hydrogen-bond donors (Lipinski definition) is 1. The van der Waals surface area contributed by atoms with Gasteiger partial charge in [0.25, 0.3) is 5.56 Å². The Labute approximate surface area is 129 Å². The minimum absolute atomic E-state index is 0.0424. The SMILES string of the molecule is CSC1(CNc2cc(=O)n(C)c3ccccc23)CCCC1. The van der Waals surface area contributed by atoms with Crippen molar-refractivity contribution in [1.29, 1.82) is 0 Å². The van der Waals surface area contributed by atoms with Crippen molar-refractivity contribution in [3.8, 4) is 0 Å². The minimum atomic E-state index is 0.0424. The van der Waals surface area contributed by atoms with Crippen LogP contribution in [0, 0.1) is 0 Å². The second-order valence-electron chi connectivity index (χ2n) is 5.92. The van der Waals surface area contributed by atoms with Gasteiger partial charge in [-0.2, -0.15) is 11.8 Å². The number of nitrogens with one attached hydrogen (secondary N) is 1. The lowest BCUT2D eigenvalue weighted by atomic mass is 10.1. The molecule has 0 spiro atoms. The number of pyridine rings is 1. The number of aryl methyl sites for hydroxylation is 1. The minimum Gasteiger partial charge on any atom is -0.383 e. The van der Waals surface area contributed by atoms with Crippen LogP contribution in [0.2, 0.25) is 0 Å². The first-order valence-electron chi connectivity index (χ1n) is 7.53. The maximum absolute atomic E-state index is 12.1. The van der Waals surface area contributed by atoms with E-state index in [9.17, 15) is 4.79 Å². The molecule has 0 unspecified atom stereocenters. The number of para-hydroxylation sites is 1. The van der Waals surface area contributed by atoms with Crippen LogP contribution >= 0.6 is 11.8 Å². The number of fused-ring (bicyclic) bond motifs is 1. The van der Waals surface area contributed by atoms with Gasteiger partial charge in [0.1, 0.15) is 0 Å². The molecule has 1 aromatic carbocycles. The highest BCUT2D eigenvalue weighted by atomic mass is 32.2. The summed E-state index contributed by atoms with van der Waals surface area (Å²) in [5.41, 5.74) is 1.99. The molecule has 4 heteroatoms. The van der Waals surface area contributed by atoms with Crippen LogP contribution in [0.15, 0.2) is 35.1 Å². The van der Waals surface area contributed by atoms with Gasteiger partial charge in [0.15, 0.2) is 0 Å². The van der Waals surface area contributed by atoms with Gasteiger partial charge in [-0.1, -0.05) is 31.0 Å². The van der Waals surface area contributed by atoms with E-state index in [1.165, 1.54) is 25.7 Å². The van der Waals surface area contributed by atoms with Crippen LogP contribution in [0.5, 0.6) is 0 Å². The van der Waals surface area contributed by atoms with Gasteiger partial charge in [-0.15, -0.1) is 0 Å². The third-order valence-electron chi connectivity index (χ3n) is 4.70. The summed E-state index contributed by atoms with van der Waals surface area (Å²) in [6.07, 6.45) is 7.38. The quantitative estimate of drug-likeness (QED) is 0.936. The van der Waals surface area contributed by atoms with E-state index < -0.39 is 0 Å². The van der Waals surface area contributed by atoms with E-state index in [0.29, 0.717) is 4.75 Å². The summed E-state index contributed by atoms with van der Waals surface area (Å²) in [7, 11) is 1.83. The van der Waals surface area contributed by atoms with Gasteiger partial charge in [0.05, 0.1) is 5.52 Å². The zero-order chi connectivity index (χ0) is 14.9. The first kappa shape index (κ1) is 14.5. The van der Waals surface area contributed by atoms with Gasteiger partial charge in [0, 0.05) is 35.5 Å². The molecule has 21 heavy (non-hydrogen) atoms. The third-order valence-corrected chi connectivity index (χ3v) is 6.12. The fraction of sp³-hybridized carbons (Fsp3) is 0.471. The molecule has 112 valence electrons. The van der Waals surface area contributed by atoms with Gasteiger partial charge in [-0.25, -0.2) is 0 Å². The summed E-state index contributed by atoms with van der Waals surface area (Å²) in [4.78, 5) is 12.1. The van der Waals surface area contributed by atoms with Crippen LogP contribution < -0.4 is 10.9 Å². The normalized spacial score (nSPS) is 17.2.